The number of pyridine rings is 1. The molecule has 0 radical (unpaired) electrons. The normalized spacial score (nSPS) is 21.1. The molecule has 2 aromatic rings. The molecule has 0 saturated carbocycles. The fraction of sp³-hybridized carbons (Fsp3) is 0.438. The summed E-state index contributed by atoms with van der Waals surface area (Å²) in [5.41, 5.74) is 0.915. The van der Waals surface area contributed by atoms with Crippen LogP contribution in [0.15, 0.2) is 30.7 Å². The van der Waals surface area contributed by atoms with Crippen LogP contribution < -0.4 is 5.32 Å². The van der Waals surface area contributed by atoms with Crippen molar-refractivity contribution < 1.29 is 13.6 Å². The van der Waals surface area contributed by atoms with E-state index in [2.05, 4.69) is 15.4 Å². The predicted octanol–water partition coefficient (Wildman–Crippen LogP) is 1.30. The Morgan fingerprint density at radius 2 is 2.25 bits per heavy atom. The summed E-state index contributed by atoms with van der Waals surface area (Å²) in [6, 6.07) is 3.07. The van der Waals surface area contributed by atoms with E-state index in [9.17, 15) is 13.6 Å². The van der Waals surface area contributed by atoms with Gasteiger partial charge in [0.25, 0.3) is 5.91 Å². The van der Waals surface area contributed by atoms with Gasteiger partial charge in [-0.3, -0.25) is 19.4 Å². The Hall–Kier alpha value is -2.35. The molecule has 1 amide bonds. The molecule has 0 aliphatic carbocycles. The van der Waals surface area contributed by atoms with E-state index in [1.54, 1.807) is 10.9 Å². The topological polar surface area (TPSA) is 63.1 Å². The molecule has 3 rings (SSSR count). The van der Waals surface area contributed by atoms with Crippen molar-refractivity contribution in [2.75, 3.05) is 13.1 Å². The third-order valence-electron chi connectivity index (χ3n) is 4.28. The van der Waals surface area contributed by atoms with Crippen LogP contribution in [0.3, 0.4) is 0 Å². The highest BCUT2D eigenvalue weighted by Gasteiger charge is 2.32. The number of rotatable bonds is 5. The molecule has 8 heteroatoms. The third kappa shape index (κ3) is 3.59. The monoisotopic (exact) mass is 335 g/mol. The molecule has 1 N–H and O–H groups in total. The predicted molar refractivity (Wildman–Crippen MR) is 83.4 cm³/mol. The summed E-state index contributed by atoms with van der Waals surface area (Å²) < 4.78 is 29.1. The van der Waals surface area contributed by atoms with Crippen LogP contribution in [0.2, 0.25) is 0 Å². The summed E-state index contributed by atoms with van der Waals surface area (Å²) in [6.07, 6.45) is 3.47. The Kier molecular flexibility index (Phi) is 4.84. The number of amides is 1. The first-order valence-electron chi connectivity index (χ1n) is 7.77. The lowest BCUT2D eigenvalue weighted by Crippen LogP contribution is -2.40. The van der Waals surface area contributed by atoms with E-state index >= 15 is 0 Å². The molecular formula is C16H19F2N5O. The molecular weight excluding hydrogens is 316 g/mol. The number of aryl methyl sites for hydroxylation is 1. The van der Waals surface area contributed by atoms with Crippen molar-refractivity contribution in [3.8, 4) is 0 Å². The molecule has 6 nitrogen and oxygen atoms in total. The van der Waals surface area contributed by atoms with Crippen LogP contribution in [0.4, 0.5) is 8.78 Å². The molecule has 24 heavy (non-hydrogen) atoms. The number of alkyl halides is 1. The first-order chi connectivity index (χ1) is 11.5. The van der Waals surface area contributed by atoms with E-state index in [0.717, 1.165) is 11.9 Å². The summed E-state index contributed by atoms with van der Waals surface area (Å²) in [6.45, 7) is 1.13. The van der Waals surface area contributed by atoms with Gasteiger partial charge in [0.1, 0.15) is 6.17 Å². The minimum Gasteiger partial charge on any atom is -0.350 e. The van der Waals surface area contributed by atoms with Crippen LogP contribution in [0, 0.1) is 5.82 Å². The maximum Gasteiger partial charge on any atom is 0.254 e. The van der Waals surface area contributed by atoms with Gasteiger partial charge < -0.3 is 5.32 Å². The molecule has 1 aliphatic rings. The summed E-state index contributed by atoms with van der Waals surface area (Å²) in [5.74, 6) is -1.19. The molecule has 0 spiro atoms. The SMILES string of the molecule is Cn1nccc1CN1C[C@@H](F)C[C@H]1CNC(=O)c1ccncc1F. The highest BCUT2D eigenvalue weighted by Crippen LogP contribution is 2.22. The van der Waals surface area contributed by atoms with E-state index in [1.165, 1.54) is 12.3 Å². The molecule has 3 heterocycles. The zero-order chi connectivity index (χ0) is 17.1. The maximum atomic E-state index is 13.8. The van der Waals surface area contributed by atoms with Crippen molar-refractivity contribution in [1.29, 1.82) is 0 Å². The summed E-state index contributed by atoms with van der Waals surface area (Å²) in [4.78, 5) is 17.7. The number of nitrogens with one attached hydrogen (secondary N) is 1. The van der Waals surface area contributed by atoms with Gasteiger partial charge in [0, 0.05) is 45.1 Å². The first kappa shape index (κ1) is 16.5. The largest absolute Gasteiger partial charge is 0.350 e. The number of carbonyl (C=O) groups is 1. The third-order valence-corrected chi connectivity index (χ3v) is 4.28. The second kappa shape index (κ2) is 7.04. The second-order valence-electron chi connectivity index (χ2n) is 5.93. The van der Waals surface area contributed by atoms with Gasteiger partial charge >= 0.3 is 0 Å². The minimum atomic E-state index is -0.933. The number of halogens is 2. The summed E-state index contributed by atoms with van der Waals surface area (Å²) >= 11 is 0. The van der Waals surface area contributed by atoms with Gasteiger partial charge in [0.15, 0.2) is 5.82 Å². The Balaban J connectivity index is 1.61. The van der Waals surface area contributed by atoms with Crippen LogP contribution in [-0.2, 0) is 13.6 Å². The Labute approximate surface area is 138 Å². The highest BCUT2D eigenvalue weighted by atomic mass is 19.1. The first-order valence-corrected chi connectivity index (χ1v) is 7.77. The van der Waals surface area contributed by atoms with Crippen molar-refractivity contribution >= 4 is 5.91 Å². The molecule has 1 fully saturated rings. The van der Waals surface area contributed by atoms with Crippen molar-refractivity contribution in [3.63, 3.8) is 0 Å². The fourth-order valence-corrected chi connectivity index (χ4v) is 2.96. The van der Waals surface area contributed by atoms with Gasteiger partial charge in [-0.15, -0.1) is 0 Å². The van der Waals surface area contributed by atoms with E-state index < -0.39 is 17.9 Å². The lowest BCUT2D eigenvalue weighted by atomic mass is 10.2. The quantitative estimate of drug-likeness (QED) is 0.895. The van der Waals surface area contributed by atoms with E-state index in [-0.39, 0.29) is 18.2 Å². The van der Waals surface area contributed by atoms with Crippen LogP contribution >= 0.6 is 0 Å². The smallest absolute Gasteiger partial charge is 0.254 e. The molecule has 1 aliphatic heterocycles. The molecule has 2 aromatic heterocycles. The minimum absolute atomic E-state index is 0.0574. The molecule has 128 valence electrons. The van der Waals surface area contributed by atoms with E-state index in [0.29, 0.717) is 19.5 Å². The van der Waals surface area contributed by atoms with Crippen LogP contribution in [0.1, 0.15) is 22.5 Å². The van der Waals surface area contributed by atoms with Gasteiger partial charge in [0.05, 0.1) is 17.5 Å². The van der Waals surface area contributed by atoms with Gasteiger partial charge in [-0.05, 0) is 18.6 Å². The highest BCUT2D eigenvalue weighted by molar-refractivity contribution is 5.94. The van der Waals surface area contributed by atoms with Crippen molar-refractivity contribution in [3.05, 3.63) is 47.8 Å². The van der Waals surface area contributed by atoms with Crippen LogP contribution in [0.25, 0.3) is 0 Å². The molecule has 0 unspecified atom stereocenters. The van der Waals surface area contributed by atoms with Crippen molar-refractivity contribution in [2.45, 2.75) is 25.2 Å². The lowest BCUT2D eigenvalue weighted by Gasteiger charge is -2.24. The standard InChI is InChI=1S/C16H19F2N5O/c1-22-12(2-5-21-22)10-23-9-11(17)6-13(23)7-20-16(24)14-3-4-19-8-15(14)18/h2-5,8,11,13H,6-7,9-10H2,1H3,(H,20,24)/t11-,13-/m0/s1. The summed E-state index contributed by atoms with van der Waals surface area (Å²) in [5, 5.41) is 6.79. The van der Waals surface area contributed by atoms with Gasteiger partial charge in [-0.25, -0.2) is 8.78 Å². The number of nitrogens with zero attached hydrogens (tertiary/aromatic N) is 4. The molecule has 0 aromatic carbocycles. The van der Waals surface area contributed by atoms with Crippen molar-refractivity contribution in [2.24, 2.45) is 7.05 Å². The molecule has 0 bridgehead atoms. The van der Waals surface area contributed by atoms with Crippen molar-refractivity contribution in [1.82, 2.24) is 25.0 Å². The molecule has 1 saturated heterocycles. The molecule has 2 atom stereocenters. The average Bonchev–Trinajstić information content (AvgIpc) is 3.11. The van der Waals surface area contributed by atoms with Gasteiger partial charge in [-0.1, -0.05) is 0 Å². The Bertz CT molecular complexity index is 720. The van der Waals surface area contributed by atoms with Gasteiger partial charge in [0.2, 0.25) is 0 Å². The summed E-state index contributed by atoms with van der Waals surface area (Å²) in [7, 11) is 1.83. The zero-order valence-electron chi connectivity index (χ0n) is 13.3. The lowest BCUT2D eigenvalue weighted by molar-refractivity contribution is 0.0935. The van der Waals surface area contributed by atoms with Crippen LogP contribution in [0.5, 0.6) is 0 Å². The zero-order valence-corrected chi connectivity index (χ0v) is 13.3. The number of aromatic nitrogens is 3. The van der Waals surface area contributed by atoms with Crippen LogP contribution in [-0.4, -0.2) is 50.9 Å². The van der Waals surface area contributed by atoms with E-state index in [1.807, 2.05) is 18.0 Å². The van der Waals surface area contributed by atoms with E-state index in [4.69, 9.17) is 0 Å². The number of likely N-dealkylation sites (tertiary alicyclic amines) is 1. The Morgan fingerprint density at radius 3 is 2.96 bits per heavy atom. The van der Waals surface area contributed by atoms with Gasteiger partial charge in [-0.2, -0.15) is 5.10 Å². The second-order valence-corrected chi connectivity index (χ2v) is 5.93. The number of hydrogen-bond acceptors (Lipinski definition) is 4. The Morgan fingerprint density at radius 1 is 1.42 bits per heavy atom. The maximum absolute atomic E-state index is 13.8. The fourth-order valence-electron chi connectivity index (χ4n) is 2.96. The average molecular weight is 335 g/mol. The number of carbonyl (C=O) groups excluding carboxylic acids is 1. The number of hydrogen-bond donors (Lipinski definition) is 1.